The number of aryl methyl sites for hydroxylation is 1. The van der Waals surface area contributed by atoms with Crippen molar-refractivity contribution in [3.05, 3.63) is 71.8 Å². The number of aromatic amines is 1. The third kappa shape index (κ3) is 3.00. The van der Waals surface area contributed by atoms with Gasteiger partial charge in [-0.2, -0.15) is 5.10 Å². The molecule has 0 aliphatic carbocycles. The van der Waals surface area contributed by atoms with Crippen LogP contribution in [0.1, 0.15) is 23.1 Å². The van der Waals surface area contributed by atoms with E-state index in [1.807, 2.05) is 17.8 Å². The average Bonchev–Trinajstić information content (AvgIpc) is 3.13. The molecular weight excluding hydrogens is 269 g/mol. The van der Waals surface area contributed by atoms with Crippen molar-refractivity contribution in [1.82, 2.24) is 25.1 Å². The summed E-state index contributed by atoms with van der Waals surface area (Å²) in [4.78, 5) is 7.41. The molecule has 2 N–H and O–H groups in total. The molecule has 2 aromatic heterocycles. The van der Waals surface area contributed by atoms with Gasteiger partial charge in [0.1, 0.15) is 11.6 Å². The van der Waals surface area contributed by atoms with Crippen LogP contribution in [0.5, 0.6) is 0 Å². The predicted molar refractivity (Wildman–Crippen MR) is 76.9 cm³/mol. The summed E-state index contributed by atoms with van der Waals surface area (Å²) in [6.07, 6.45) is 5.24. The molecule has 0 radical (unpaired) electrons. The van der Waals surface area contributed by atoms with Crippen molar-refractivity contribution >= 4 is 0 Å². The number of halogens is 1. The van der Waals surface area contributed by atoms with Crippen molar-refractivity contribution in [1.29, 1.82) is 0 Å². The van der Waals surface area contributed by atoms with Crippen LogP contribution in [0.4, 0.5) is 4.39 Å². The normalized spacial score (nSPS) is 12.5. The van der Waals surface area contributed by atoms with Crippen LogP contribution in [0.2, 0.25) is 0 Å². The van der Waals surface area contributed by atoms with E-state index in [9.17, 15) is 4.39 Å². The zero-order valence-corrected chi connectivity index (χ0v) is 11.6. The fourth-order valence-corrected chi connectivity index (χ4v) is 2.24. The highest BCUT2D eigenvalue weighted by Crippen LogP contribution is 2.20. The van der Waals surface area contributed by atoms with Crippen molar-refractivity contribution in [2.45, 2.75) is 12.6 Å². The number of rotatable bonds is 5. The molecule has 0 bridgehead atoms. The molecule has 108 valence electrons. The lowest BCUT2D eigenvalue weighted by molar-refractivity contribution is 0.552. The van der Waals surface area contributed by atoms with Crippen LogP contribution in [-0.2, 0) is 13.6 Å². The van der Waals surface area contributed by atoms with Crippen molar-refractivity contribution < 1.29 is 4.39 Å². The number of benzene rings is 1. The molecule has 0 amide bonds. The fraction of sp³-hybridized carbons (Fsp3) is 0.200. The van der Waals surface area contributed by atoms with Crippen molar-refractivity contribution in [3.8, 4) is 0 Å². The minimum Gasteiger partial charge on any atom is -0.347 e. The first-order chi connectivity index (χ1) is 10.2. The Morgan fingerprint density at radius 1 is 1.24 bits per heavy atom. The number of aromatic nitrogens is 4. The molecule has 0 unspecified atom stereocenters. The van der Waals surface area contributed by atoms with E-state index < -0.39 is 0 Å². The van der Waals surface area contributed by atoms with Gasteiger partial charge in [-0.15, -0.1) is 0 Å². The van der Waals surface area contributed by atoms with Crippen LogP contribution in [0, 0.1) is 5.82 Å². The summed E-state index contributed by atoms with van der Waals surface area (Å²) in [5.41, 5.74) is 2.02. The zero-order chi connectivity index (χ0) is 14.7. The molecule has 1 aromatic carbocycles. The van der Waals surface area contributed by atoms with Crippen molar-refractivity contribution in [3.63, 3.8) is 0 Å². The standard InChI is InChI=1S/C15H16FN5/c1-21-13(6-7-20-21)10-19-14(15-17-8-9-18-15)11-2-4-12(16)5-3-11/h2-9,14,19H,10H2,1H3,(H,17,18)/t14-/m0/s1. The third-order valence-corrected chi connectivity index (χ3v) is 3.41. The first-order valence-corrected chi connectivity index (χ1v) is 6.69. The second-order valence-corrected chi connectivity index (χ2v) is 4.79. The van der Waals surface area contributed by atoms with Gasteiger partial charge in [0.25, 0.3) is 0 Å². The van der Waals surface area contributed by atoms with E-state index in [0.29, 0.717) is 6.54 Å². The maximum atomic E-state index is 13.1. The van der Waals surface area contributed by atoms with Gasteiger partial charge >= 0.3 is 0 Å². The van der Waals surface area contributed by atoms with Gasteiger partial charge in [0.05, 0.1) is 11.7 Å². The lowest BCUT2D eigenvalue weighted by atomic mass is 10.1. The molecule has 0 fully saturated rings. The Hall–Kier alpha value is -2.47. The largest absolute Gasteiger partial charge is 0.347 e. The number of hydrogen-bond acceptors (Lipinski definition) is 3. The van der Waals surface area contributed by atoms with E-state index in [-0.39, 0.29) is 11.9 Å². The highest BCUT2D eigenvalue weighted by molar-refractivity contribution is 5.25. The number of imidazole rings is 1. The molecule has 3 rings (SSSR count). The van der Waals surface area contributed by atoms with E-state index in [1.54, 1.807) is 30.7 Å². The highest BCUT2D eigenvalue weighted by atomic mass is 19.1. The average molecular weight is 285 g/mol. The summed E-state index contributed by atoms with van der Waals surface area (Å²) in [5, 5.41) is 7.57. The topological polar surface area (TPSA) is 58.5 Å². The molecule has 1 atom stereocenters. The minimum absolute atomic E-state index is 0.129. The molecule has 3 aromatic rings. The molecule has 0 saturated carbocycles. The molecule has 0 saturated heterocycles. The van der Waals surface area contributed by atoms with Crippen molar-refractivity contribution in [2.75, 3.05) is 0 Å². The molecule has 21 heavy (non-hydrogen) atoms. The SMILES string of the molecule is Cn1nccc1CN[C@@H](c1ccc(F)cc1)c1ncc[nH]1. The van der Waals surface area contributed by atoms with Gasteiger partial charge in [0.15, 0.2) is 0 Å². The van der Waals surface area contributed by atoms with E-state index in [1.165, 1.54) is 12.1 Å². The Bertz CT molecular complexity index is 687. The van der Waals surface area contributed by atoms with E-state index in [4.69, 9.17) is 0 Å². The molecule has 0 spiro atoms. The van der Waals surface area contributed by atoms with Gasteiger partial charge in [0.2, 0.25) is 0 Å². The molecule has 2 heterocycles. The van der Waals surface area contributed by atoms with E-state index >= 15 is 0 Å². The van der Waals surface area contributed by atoms with Crippen LogP contribution in [-0.4, -0.2) is 19.7 Å². The second kappa shape index (κ2) is 5.88. The van der Waals surface area contributed by atoms with Gasteiger partial charge < -0.3 is 4.98 Å². The van der Waals surface area contributed by atoms with Crippen LogP contribution in [0.25, 0.3) is 0 Å². The summed E-state index contributed by atoms with van der Waals surface area (Å²) in [6.45, 7) is 0.638. The molecule has 6 heteroatoms. The van der Waals surface area contributed by atoms with Gasteiger partial charge in [-0.25, -0.2) is 9.37 Å². The van der Waals surface area contributed by atoms with Gasteiger partial charge in [0, 0.05) is 32.2 Å². The van der Waals surface area contributed by atoms with Crippen LogP contribution in [0.3, 0.4) is 0 Å². The Morgan fingerprint density at radius 3 is 2.67 bits per heavy atom. The summed E-state index contributed by atoms with van der Waals surface area (Å²) in [7, 11) is 1.90. The van der Waals surface area contributed by atoms with Gasteiger partial charge in [-0.1, -0.05) is 12.1 Å². The van der Waals surface area contributed by atoms with Crippen LogP contribution < -0.4 is 5.32 Å². The van der Waals surface area contributed by atoms with Gasteiger partial charge in [-0.3, -0.25) is 10.00 Å². The Balaban J connectivity index is 1.83. The molecular formula is C15H16FN5. The Morgan fingerprint density at radius 2 is 2.05 bits per heavy atom. The molecule has 0 aliphatic heterocycles. The summed E-state index contributed by atoms with van der Waals surface area (Å²) in [6, 6.07) is 8.26. The number of H-pyrrole nitrogens is 1. The van der Waals surface area contributed by atoms with Crippen molar-refractivity contribution in [2.24, 2.45) is 7.05 Å². The van der Waals surface area contributed by atoms with Gasteiger partial charge in [-0.05, 0) is 23.8 Å². The summed E-state index contributed by atoms with van der Waals surface area (Å²) >= 11 is 0. The fourth-order valence-electron chi connectivity index (χ4n) is 2.24. The quantitative estimate of drug-likeness (QED) is 0.755. The minimum atomic E-state index is -0.247. The highest BCUT2D eigenvalue weighted by Gasteiger charge is 2.16. The number of hydrogen-bond donors (Lipinski definition) is 2. The first kappa shape index (κ1) is 13.5. The molecule has 0 aliphatic rings. The summed E-state index contributed by atoms with van der Waals surface area (Å²) in [5.74, 6) is 0.548. The monoisotopic (exact) mass is 285 g/mol. The lowest BCUT2D eigenvalue weighted by Crippen LogP contribution is -2.24. The number of nitrogens with zero attached hydrogens (tertiary/aromatic N) is 3. The van der Waals surface area contributed by atoms with E-state index in [0.717, 1.165) is 17.1 Å². The first-order valence-electron chi connectivity index (χ1n) is 6.69. The maximum Gasteiger partial charge on any atom is 0.127 e. The van der Waals surface area contributed by atoms with E-state index in [2.05, 4.69) is 20.4 Å². The predicted octanol–water partition coefficient (Wildman–Crippen LogP) is 2.16. The Kier molecular flexibility index (Phi) is 3.79. The summed E-state index contributed by atoms with van der Waals surface area (Å²) < 4.78 is 14.9. The van der Waals surface area contributed by atoms with Crippen LogP contribution >= 0.6 is 0 Å². The maximum absolute atomic E-state index is 13.1. The zero-order valence-electron chi connectivity index (χ0n) is 11.6. The smallest absolute Gasteiger partial charge is 0.127 e. The molecule has 5 nitrogen and oxygen atoms in total. The Labute approximate surface area is 121 Å². The third-order valence-electron chi connectivity index (χ3n) is 3.41. The number of nitrogens with one attached hydrogen (secondary N) is 2. The second-order valence-electron chi connectivity index (χ2n) is 4.79. The van der Waals surface area contributed by atoms with Crippen LogP contribution in [0.15, 0.2) is 48.9 Å². The lowest BCUT2D eigenvalue weighted by Gasteiger charge is -2.17.